The molecule has 0 bridgehead atoms. The molecule has 6 nitrogen and oxygen atoms in total. The van der Waals surface area contributed by atoms with Crippen molar-refractivity contribution >= 4 is 29.3 Å². The number of rotatable bonds is 7. The molecule has 0 aliphatic carbocycles. The Bertz CT molecular complexity index is 908. The maximum absolute atomic E-state index is 12.2. The second-order valence-corrected chi connectivity index (χ2v) is 6.68. The molecule has 0 aliphatic heterocycles. The molecule has 0 aliphatic rings. The van der Waals surface area contributed by atoms with Crippen LogP contribution in [-0.4, -0.2) is 34.5 Å². The number of carbonyl (C=O) groups excluding carboxylic acids is 2. The van der Waals surface area contributed by atoms with E-state index in [2.05, 4.69) is 10.4 Å². The standard InChI is InChI=1S/C20H19N3O3S/c1-26-20(25)17-5-2-3-6-18(17)22-19(24)14-27-13-15-7-9-16(10-8-15)23-12-4-11-21-23/h2-12H,13-14H2,1H3,(H,22,24). The number of ether oxygens (including phenoxy) is 1. The summed E-state index contributed by atoms with van der Waals surface area (Å²) in [5.74, 6) is 0.363. The number of hydrogen-bond donors (Lipinski definition) is 1. The molecule has 0 saturated carbocycles. The zero-order valence-electron chi connectivity index (χ0n) is 14.8. The van der Waals surface area contributed by atoms with Crippen molar-refractivity contribution < 1.29 is 14.3 Å². The largest absolute Gasteiger partial charge is 0.465 e. The Morgan fingerprint density at radius 2 is 1.89 bits per heavy atom. The molecule has 0 atom stereocenters. The molecule has 27 heavy (non-hydrogen) atoms. The van der Waals surface area contributed by atoms with Gasteiger partial charge >= 0.3 is 5.97 Å². The fraction of sp³-hybridized carbons (Fsp3) is 0.150. The van der Waals surface area contributed by atoms with Crippen molar-refractivity contribution in [3.8, 4) is 5.69 Å². The molecule has 2 aromatic carbocycles. The number of hydrogen-bond acceptors (Lipinski definition) is 5. The first-order valence-corrected chi connectivity index (χ1v) is 9.47. The van der Waals surface area contributed by atoms with E-state index in [1.54, 1.807) is 35.1 Å². The highest BCUT2D eigenvalue weighted by atomic mass is 32.2. The van der Waals surface area contributed by atoms with Crippen molar-refractivity contribution in [1.29, 1.82) is 0 Å². The van der Waals surface area contributed by atoms with E-state index in [0.717, 1.165) is 11.3 Å². The molecule has 1 aromatic heterocycles. The van der Waals surface area contributed by atoms with Crippen molar-refractivity contribution in [3.05, 3.63) is 78.1 Å². The zero-order valence-corrected chi connectivity index (χ0v) is 15.6. The number of esters is 1. The van der Waals surface area contributed by atoms with E-state index in [4.69, 9.17) is 4.74 Å². The summed E-state index contributed by atoms with van der Waals surface area (Å²) >= 11 is 1.51. The van der Waals surface area contributed by atoms with Gasteiger partial charge in [0.05, 0.1) is 29.8 Å². The maximum Gasteiger partial charge on any atom is 0.339 e. The van der Waals surface area contributed by atoms with Crippen LogP contribution in [0, 0.1) is 0 Å². The highest BCUT2D eigenvalue weighted by molar-refractivity contribution is 7.99. The summed E-state index contributed by atoms with van der Waals surface area (Å²) < 4.78 is 6.53. The zero-order chi connectivity index (χ0) is 19.1. The van der Waals surface area contributed by atoms with Crippen LogP contribution in [-0.2, 0) is 15.3 Å². The van der Waals surface area contributed by atoms with Crippen molar-refractivity contribution in [2.75, 3.05) is 18.2 Å². The minimum Gasteiger partial charge on any atom is -0.465 e. The minimum absolute atomic E-state index is 0.162. The van der Waals surface area contributed by atoms with Gasteiger partial charge in [-0.2, -0.15) is 5.10 Å². The van der Waals surface area contributed by atoms with Crippen molar-refractivity contribution in [1.82, 2.24) is 9.78 Å². The first-order valence-electron chi connectivity index (χ1n) is 8.31. The monoisotopic (exact) mass is 381 g/mol. The van der Waals surface area contributed by atoms with Crippen LogP contribution in [0.2, 0.25) is 0 Å². The van der Waals surface area contributed by atoms with E-state index < -0.39 is 5.97 Å². The lowest BCUT2D eigenvalue weighted by atomic mass is 10.2. The van der Waals surface area contributed by atoms with Gasteiger partial charge < -0.3 is 10.1 Å². The lowest BCUT2D eigenvalue weighted by molar-refractivity contribution is -0.113. The van der Waals surface area contributed by atoms with Crippen molar-refractivity contribution in [2.45, 2.75) is 5.75 Å². The van der Waals surface area contributed by atoms with Crippen LogP contribution in [0.3, 0.4) is 0 Å². The summed E-state index contributed by atoms with van der Waals surface area (Å²) in [7, 11) is 1.31. The molecule has 0 fully saturated rings. The molecule has 0 saturated heterocycles. The molecule has 138 valence electrons. The first-order chi connectivity index (χ1) is 13.2. The molecule has 1 amide bonds. The van der Waals surface area contributed by atoms with Gasteiger partial charge in [-0.25, -0.2) is 9.48 Å². The summed E-state index contributed by atoms with van der Waals surface area (Å²) in [6, 6.07) is 16.7. The molecule has 0 radical (unpaired) electrons. The van der Waals surface area contributed by atoms with Crippen LogP contribution in [0.1, 0.15) is 15.9 Å². The minimum atomic E-state index is -0.476. The van der Waals surface area contributed by atoms with E-state index in [-0.39, 0.29) is 11.7 Å². The normalized spacial score (nSPS) is 10.4. The molecule has 3 rings (SSSR count). The van der Waals surface area contributed by atoms with E-state index in [9.17, 15) is 9.59 Å². The summed E-state index contributed by atoms with van der Waals surface area (Å²) in [6.45, 7) is 0. The Balaban J connectivity index is 1.51. The van der Waals surface area contributed by atoms with Gasteiger partial charge in [0.2, 0.25) is 5.91 Å². The third kappa shape index (κ3) is 4.98. The van der Waals surface area contributed by atoms with Gasteiger partial charge in [-0.05, 0) is 35.9 Å². The first kappa shape index (κ1) is 18.7. The second kappa shape index (κ2) is 9.05. The number of aromatic nitrogens is 2. The summed E-state index contributed by atoms with van der Waals surface area (Å²) in [5.41, 5.74) is 2.91. The molecular formula is C20H19N3O3S. The quantitative estimate of drug-likeness (QED) is 0.634. The van der Waals surface area contributed by atoms with Crippen LogP contribution in [0.25, 0.3) is 5.69 Å². The van der Waals surface area contributed by atoms with Crippen LogP contribution in [0.4, 0.5) is 5.69 Å². The van der Waals surface area contributed by atoms with Crippen LogP contribution in [0.5, 0.6) is 0 Å². The summed E-state index contributed by atoms with van der Waals surface area (Å²) in [4.78, 5) is 23.9. The Morgan fingerprint density at radius 3 is 2.59 bits per heavy atom. The maximum atomic E-state index is 12.2. The molecule has 1 N–H and O–H groups in total. The van der Waals surface area contributed by atoms with Gasteiger partial charge in [0.25, 0.3) is 0 Å². The Morgan fingerprint density at radius 1 is 1.11 bits per heavy atom. The average Bonchev–Trinajstić information content (AvgIpc) is 3.23. The number of carbonyl (C=O) groups is 2. The van der Waals surface area contributed by atoms with Crippen LogP contribution >= 0.6 is 11.8 Å². The second-order valence-electron chi connectivity index (χ2n) is 5.70. The lowest BCUT2D eigenvalue weighted by Crippen LogP contribution is -2.17. The number of thioether (sulfide) groups is 1. The summed E-state index contributed by atoms with van der Waals surface area (Å²) in [6.07, 6.45) is 3.63. The van der Waals surface area contributed by atoms with Crippen LogP contribution in [0.15, 0.2) is 67.0 Å². The number of para-hydroxylation sites is 1. The summed E-state index contributed by atoms with van der Waals surface area (Å²) in [5, 5.41) is 6.96. The number of nitrogens with one attached hydrogen (secondary N) is 1. The van der Waals surface area contributed by atoms with Gasteiger partial charge in [0.15, 0.2) is 0 Å². The van der Waals surface area contributed by atoms with Gasteiger partial charge in [-0.15, -0.1) is 11.8 Å². The van der Waals surface area contributed by atoms with E-state index >= 15 is 0 Å². The SMILES string of the molecule is COC(=O)c1ccccc1NC(=O)CSCc1ccc(-n2cccn2)cc1. The Kier molecular flexibility index (Phi) is 6.27. The third-order valence-corrected chi connectivity index (χ3v) is 4.82. The van der Waals surface area contributed by atoms with E-state index in [1.165, 1.54) is 18.9 Å². The Hall–Kier alpha value is -3.06. The van der Waals surface area contributed by atoms with Gasteiger partial charge in [-0.3, -0.25) is 4.79 Å². The lowest BCUT2D eigenvalue weighted by Gasteiger charge is -2.09. The third-order valence-electron chi connectivity index (χ3n) is 3.81. The number of nitrogens with zero attached hydrogens (tertiary/aromatic N) is 2. The highest BCUT2D eigenvalue weighted by Crippen LogP contribution is 2.18. The van der Waals surface area contributed by atoms with Gasteiger partial charge in [0.1, 0.15) is 0 Å². The van der Waals surface area contributed by atoms with Crippen LogP contribution < -0.4 is 5.32 Å². The number of anilines is 1. The smallest absolute Gasteiger partial charge is 0.339 e. The molecular weight excluding hydrogens is 362 g/mol. The molecule has 3 aromatic rings. The van der Waals surface area contributed by atoms with Crippen molar-refractivity contribution in [2.24, 2.45) is 0 Å². The number of amides is 1. The number of benzene rings is 2. The molecule has 7 heteroatoms. The van der Waals surface area contributed by atoms with Gasteiger partial charge in [0, 0.05) is 18.1 Å². The Labute approximate surface area is 161 Å². The van der Waals surface area contributed by atoms with Gasteiger partial charge in [-0.1, -0.05) is 24.3 Å². The molecule has 0 unspecified atom stereocenters. The fourth-order valence-corrected chi connectivity index (χ4v) is 3.28. The average molecular weight is 381 g/mol. The van der Waals surface area contributed by atoms with Crippen molar-refractivity contribution in [3.63, 3.8) is 0 Å². The predicted molar refractivity (Wildman–Crippen MR) is 106 cm³/mol. The predicted octanol–water partition coefficient (Wildman–Crippen LogP) is 3.53. The number of methoxy groups -OCH3 is 1. The topological polar surface area (TPSA) is 73.2 Å². The fourth-order valence-electron chi connectivity index (χ4n) is 2.49. The van der Waals surface area contributed by atoms with E-state index in [0.29, 0.717) is 17.0 Å². The molecule has 1 heterocycles. The molecule has 0 spiro atoms. The van der Waals surface area contributed by atoms with E-state index in [1.807, 2.05) is 36.5 Å². The highest BCUT2D eigenvalue weighted by Gasteiger charge is 2.13.